The smallest absolute Gasteiger partial charge is 0.251 e. The van der Waals surface area contributed by atoms with Crippen LogP contribution in [0.4, 0.5) is 0 Å². The van der Waals surface area contributed by atoms with Gasteiger partial charge in [0.2, 0.25) is 0 Å². The summed E-state index contributed by atoms with van der Waals surface area (Å²) in [6.07, 6.45) is 1.72. The number of allylic oxidation sites excluding steroid dienone is 1. The minimum Gasteiger partial charge on any atom is -0.497 e. The second-order valence-corrected chi connectivity index (χ2v) is 8.29. The van der Waals surface area contributed by atoms with Crippen LogP contribution in [0.1, 0.15) is 26.5 Å². The number of carbonyl (C=O) groups excluding carboxylic acids is 2. The van der Waals surface area contributed by atoms with Crippen LogP contribution in [0.15, 0.2) is 70.8 Å². The number of ether oxygens (including phenoxy) is 1. The summed E-state index contributed by atoms with van der Waals surface area (Å²) >= 11 is 4.67. The van der Waals surface area contributed by atoms with Crippen molar-refractivity contribution < 1.29 is 14.3 Å². The van der Waals surface area contributed by atoms with Gasteiger partial charge in [0.25, 0.3) is 5.91 Å². The van der Waals surface area contributed by atoms with Crippen LogP contribution in [0.3, 0.4) is 0 Å². The van der Waals surface area contributed by atoms with Crippen molar-refractivity contribution in [3.8, 4) is 5.75 Å². The molecule has 31 heavy (non-hydrogen) atoms. The van der Waals surface area contributed by atoms with Gasteiger partial charge in [-0.05, 0) is 36.4 Å². The molecule has 9 heteroatoms. The first-order valence-corrected chi connectivity index (χ1v) is 11.2. The number of hydrogen-bond acceptors (Lipinski definition) is 6. The molecule has 160 valence electrons. The number of Topliss-reactive ketones (excluding diaryl/α,β-unsaturated/α-hetero) is 1. The quantitative estimate of drug-likeness (QED) is 0.255. The predicted octanol–water partition coefficient (Wildman–Crippen LogP) is 4.14. The van der Waals surface area contributed by atoms with E-state index >= 15 is 0 Å². The van der Waals surface area contributed by atoms with Gasteiger partial charge < -0.3 is 14.6 Å². The summed E-state index contributed by atoms with van der Waals surface area (Å²) in [6.45, 7) is 4.44. The summed E-state index contributed by atoms with van der Waals surface area (Å²) in [6, 6.07) is 14.1. The van der Waals surface area contributed by atoms with Crippen molar-refractivity contribution in [2.45, 2.75) is 18.2 Å². The molecule has 0 spiro atoms. The molecule has 2 aromatic carbocycles. The van der Waals surface area contributed by atoms with Gasteiger partial charge in [-0.25, -0.2) is 0 Å². The molecule has 0 saturated carbocycles. The third-order valence-electron chi connectivity index (χ3n) is 4.36. The van der Waals surface area contributed by atoms with Crippen molar-refractivity contribution in [2.24, 2.45) is 0 Å². The number of nitrogens with zero attached hydrogens (tertiary/aromatic N) is 3. The average Bonchev–Trinajstić information content (AvgIpc) is 3.18. The lowest BCUT2D eigenvalue weighted by Crippen LogP contribution is -2.24. The highest BCUT2D eigenvalue weighted by atomic mass is 79.9. The standard InChI is InChI=1S/C22H21BrN4O3S/c1-3-12-27-20(13-24-21(29)16-6-10-18(30-2)11-7-16)25-26-22(27)31-14-19(28)15-4-8-17(23)9-5-15/h3-11H,1,12-14H2,2H3,(H,24,29). The lowest BCUT2D eigenvalue weighted by molar-refractivity contribution is 0.0948. The minimum atomic E-state index is -0.226. The Morgan fingerprint density at radius 1 is 1.13 bits per heavy atom. The van der Waals surface area contributed by atoms with Crippen LogP contribution in [0.25, 0.3) is 0 Å². The highest BCUT2D eigenvalue weighted by molar-refractivity contribution is 9.10. The summed E-state index contributed by atoms with van der Waals surface area (Å²) in [4.78, 5) is 24.8. The van der Waals surface area contributed by atoms with E-state index in [0.29, 0.717) is 34.4 Å². The summed E-state index contributed by atoms with van der Waals surface area (Å²) in [5.41, 5.74) is 1.16. The van der Waals surface area contributed by atoms with Gasteiger partial charge in [0.1, 0.15) is 5.75 Å². The highest BCUT2D eigenvalue weighted by Gasteiger charge is 2.15. The molecule has 3 aromatic rings. The van der Waals surface area contributed by atoms with Gasteiger partial charge in [-0.1, -0.05) is 45.9 Å². The molecule has 0 atom stereocenters. The third-order valence-corrected chi connectivity index (χ3v) is 5.86. The summed E-state index contributed by atoms with van der Waals surface area (Å²) in [5.74, 6) is 1.27. The van der Waals surface area contributed by atoms with E-state index in [9.17, 15) is 9.59 Å². The zero-order valence-electron chi connectivity index (χ0n) is 16.9. The summed E-state index contributed by atoms with van der Waals surface area (Å²) in [7, 11) is 1.57. The zero-order chi connectivity index (χ0) is 22.2. The average molecular weight is 501 g/mol. The molecule has 0 fully saturated rings. The zero-order valence-corrected chi connectivity index (χ0v) is 19.3. The number of methoxy groups -OCH3 is 1. The fourth-order valence-corrected chi connectivity index (χ4v) is 3.85. The van der Waals surface area contributed by atoms with Crippen LogP contribution >= 0.6 is 27.7 Å². The second kappa shape index (κ2) is 10.9. The van der Waals surface area contributed by atoms with Crippen molar-refractivity contribution in [2.75, 3.05) is 12.9 Å². The molecule has 0 aliphatic rings. The molecular formula is C22H21BrN4O3S. The number of carbonyl (C=O) groups is 2. The lowest BCUT2D eigenvalue weighted by atomic mass is 10.2. The lowest BCUT2D eigenvalue weighted by Gasteiger charge is -2.09. The topological polar surface area (TPSA) is 86.1 Å². The van der Waals surface area contributed by atoms with E-state index in [1.807, 2.05) is 16.7 Å². The molecule has 3 rings (SSSR count). The maximum atomic E-state index is 12.4. The Balaban J connectivity index is 1.63. The van der Waals surface area contributed by atoms with Crippen molar-refractivity contribution in [3.05, 3.63) is 82.6 Å². The summed E-state index contributed by atoms with van der Waals surface area (Å²) in [5, 5.41) is 11.8. The number of halogens is 1. The first-order chi connectivity index (χ1) is 15.0. The largest absolute Gasteiger partial charge is 0.497 e. The van der Waals surface area contributed by atoms with Gasteiger partial charge in [-0.2, -0.15) is 0 Å². The maximum Gasteiger partial charge on any atom is 0.251 e. The fourth-order valence-electron chi connectivity index (χ4n) is 2.72. The van der Waals surface area contributed by atoms with Gasteiger partial charge in [0, 0.05) is 22.1 Å². The normalized spacial score (nSPS) is 10.5. The van der Waals surface area contributed by atoms with Crippen LogP contribution in [0.5, 0.6) is 5.75 Å². The molecule has 1 heterocycles. The van der Waals surface area contributed by atoms with Crippen LogP contribution in [-0.2, 0) is 13.1 Å². The van der Waals surface area contributed by atoms with Crippen molar-refractivity contribution in [1.82, 2.24) is 20.1 Å². The van der Waals surface area contributed by atoms with Crippen molar-refractivity contribution in [3.63, 3.8) is 0 Å². The minimum absolute atomic E-state index is 0.0000107. The Morgan fingerprint density at radius 2 is 1.81 bits per heavy atom. The van der Waals surface area contributed by atoms with E-state index < -0.39 is 0 Å². The number of aromatic nitrogens is 3. The van der Waals surface area contributed by atoms with Gasteiger partial charge in [0.05, 0.1) is 19.4 Å². The Morgan fingerprint density at radius 3 is 2.45 bits per heavy atom. The molecule has 0 saturated heterocycles. The molecule has 1 aromatic heterocycles. The Labute approximate surface area is 193 Å². The molecule has 0 unspecified atom stereocenters. The Bertz CT molecular complexity index is 1070. The highest BCUT2D eigenvalue weighted by Crippen LogP contribution is 2.20. The van der Waals surface area contributed by atoms with Crippen LogP contribution < -0.4 is 10.1 Å². The number of rotatable bonds is 10. The number of thioether (sulfide) groups is 1. The maximum absolute atomic E-state index is 12.4. The van der Waals surface area contributed by atoms with E-state index in [1.54, 1.807) is 49.6 Å². The molecule has 0 aliphatic heterocycles. The third kappa shape index (κ3) is 6.05. The molecule has 0 aliphatic carbocycles. The van der Waals surface area contributed by atoms with E-state index in [-0.39, 0.29) is 24.0 Å². The van der Waals surface area contributed by atoms with E-state index in [4.69, 9.17) is 4.74 Å². The molecular weight excluding hydrogens is 480 g/mol. The predicted molar refractivity (Wildman–Crippen MR) is 124 cm³/mol. The van der Waals surface area contributed by atoms with Gasteiger partial charge in [0.15, 0.2) is 16.8 Å². The number of nitrogens with one attached hydrogen (secondary N) is 1. The van der Waals surface area contributed by atoms with Crippen LogP contribution in [-0.4, -0.2) is 39.3 Å². The summed E-state index contributed by atoms with van der Waals surface area (Å²) < 4.78 is 7.86. The molecule has 1 amide bonds. The fraction of sp³-hybridized carbons (Fsp3) is 0.182. The van der Waals surface area contributed by atoms with Gasteiger partial charge in [-0.3, -0.25) is 9.59 Å². The molecule has 0 bridgehead atoms. The van der Waals surface area contributed by atoms with Crippen molar-refractivity contribution in [1.29, 1.82) is 0 Å². The Kier molecular flexibility index (Phi) is 8.02. The van der Waals surface area contributed by atoms with E-state index in [1.165, 1.54) is 11.8 Å². The van der Waals surface area contributed by atoms with Gasteiger partial charge in [-0.15, -0.1) is 16.8 Å². The monoisotopic (exact) mass is 500 g/mol. The number of amides is 1. The first kappa shape index (κ1) is 22.8. The van der Waals surface area contributed by atoms with Crippen LogP contribution in [0, 0.1) is 0 Å². The number of hydrogen-bond donors (Lipinski definition) is 1. The van der Waals surface area contributed by atoms with E-state index in [0.717, 1.165) is 4.47 Å². The van der Waals surface area contributed by atoms with Crippen molar-refractivity contribution >= 4 is 39.4 Å². The molecule has 1 N–H and O–H groups in total. The Hall–Kier alpha value is -2.91. The molecule has 0 radical (unpaired) electrons. The van der Waals surface area contributed by atoms with Gasteiger partial charge >= 0.3 is 0 Å². The first-order valence-electron chi connectivity index (χ1n) is 9.38. The number of ketones is 1. The SMILES string of the molecule is C=CCn1c(CNC(=O)c2ccc(OC)cc2)nnc1SCC(=O)c1ccc(Br)cc1. The van der Waals surface area contributed by atoms with E-state index in [2.05, 4.69) is 38.0 Å². The number of benzene rings is 2. The molecule has 7 nitrogen and oxygen atoms in total. The van der Waals surface area contributed by atoms with Crippen LogP contribution in [0.2, 0.25) is 0 Å². The second-order valence-electron chi connectivity index (χ2n) is 6.43.